The van der Waals surface area contributed by atoms with E-state index in [2.05, 4.69) is 5.32 Å². The van der Waals surface area contributed by atoms with Crippen LogP contribution < -0.4 is 5.32 Å². The average molecular weight is 604 g/mol. The van der Waals surface area contributed by atoms with Gasteiger partial charge in [0.2, 0.25) is 5.91 Å². The van der Waals surface area contributed by atoms with Gasteiger partial charge >= 0.3 is 24.4 Å². The number of likely N-dealkylation sites (tertiary alicyclic amines) is 1. The molecule has 7 nitrogen and oxygen atoms in total. The highest BCUT2D eigenvalue weighted by molar-refractivity contribution is 5.99. The first-order valence-electron chi connectivity index (χ1n) is 13.0. The zero-order valence-electron chi connectivity index (χ0n) is 22.7. The molecule has 228 valence electrons. The van der Waals surface area contributed by atoms with Gasteiger partial charge in [0.05, 0.1) is 23.2 Å². The van der Waals surface area contributed by atoms with E-state index in [0.29, 0.717) is 23.3 Å². The number of carboxylic acid groups (broad SMARTS) is 1. The number of piperidine rings is 1. The van der Waals surface area contributed by atoms with Crippen molar-refractivity contribution in [2.75, 3.05) is 13.6 Å². The summed E-state index contributed by atoms with van der Waals surface area (Å²) in [4.78, 5) is 40.2. The Kier molecular flexibility index (Phi) is 7.98. The molecule has 0 saturated carbocycles. The van der Waals surface area contributed by atoms with E-state index in [9.17, 15) is 50.2 Å². The van der Waals surface area contributed by atoms with Crippen molar-refractivity contribution in [3.63, 3.8) is 0 Å². The molecule has 4 rings (SSSR count). The van der Waals surface area contributed by atoms with Crippen molar-refractivity contribution in [2.24, 2.45) is 5.92 Å². The molecule has 2 aromatic carbocycles. The van der Waals surface area contributed by atoms with Crippen LogP contribution in [0.4, 0.5) is 35.5 Å². The highest BCUT2D eigenvalue weighted by Crippen LogP contribution is 2.45. The summed E-state index contributed by atoms with van der Waals surface area (Å²) in [5, 5.41) is 12.2. The Labute approximate surface area is 236 Å². The Balaban J connectivity index is 1.69. The lowest BCUT2D eigenvalue weighted by Gasteiger charge is -2.47. The molecule has 1 spiro atoms. The second kappa shape index (κ2) is 10.8. The summed E-state index contributed by atoms with van der Waals surface area (Å²) in [6.07, 6.45) is -9.97. The molecule has 0 radical (unpaired) electrons. The average Bonchev–Trinajstić information content (AvgIpc) is 3.21. The van der Waals surface area contributed by atoms with Gasteiger partial charge in [0.1, 0.15) is 11.7 Å². The fourth-order valence-corrected chi connectivity index (χ4v) is 5.79. The number of urea groups is 1. The van der Waals surface area contributed by atoms with E-state index in [1.807, 2.05) is 0 Å². The van der Waals surface area contributed by atoms with Crippen LogP contribution in [-0.4, -0.2) is 51.9 Å². The van der Waals surface area contributed by atoms with E-state index < -0.39 is 70.7 Å². The number of halogens is 7. The molecule has 2 fully saturated rings. The van der Waals surface area contributed by atoms with Gasteiger partial charge < -0.3 is 20.2 Å². The van der Waals surface area contributed by atoms with Crippen LogP contribution in [0.1, 0.15) is 66.1 Å². The maximum atomic E-state index is 13.9. The van der Waals surface area contributed by atoms with Crippen LogP contribution in [0, 0.1) is 18.7 Å². The van der Waals surface area contributed by atoms with E-state index in [0.717, 1.165) is 4.90 Å². The van der Waals surface area contributed by atoms with Crippen molar-refractivity contribution in [3.05, 3.63) is 70.0 Å². The highest BCUT2D eigenvalue weighted by Gasteiger charge is 2.52. The number of hydrogen-bond acceptors (Lipinski definition) is 3. The number of nitrogens with zero attached hydrogens (tertiary/aromatic N) is 2. The number of benzene rings is 2. The Morgan fingerprint density at radius 1 is 1.05 bits per heavy atom. The Hall–Kier alpha value is -3.84. The fourth-order valence-electron chi connectivity index (χ4n) is 5.79. The van der Waals surface area contributed by atoms with Gasteiger partial charge in [0.25, 0.3) is 0 Å². The van der Waals surface area contributed by atoms with Crippen molar-refractivity contribution in [1.29, 1.82) is 0 Å². The van der Waals surface area contributed by atoms with E-state index in [1.165, 1.54) is 37.1 Å². The lowest BCUT2D eigenvalue weighted by Crippen LogP contribution is -2.55. The molecule has 42 heavy (non-hydrogen) atoms. The number of carbonyl (C=O) groups is 3. The van der Waals surface area contributed by atoms with Gasteiger partial charge in [0, 0.05) is 19.1 Å². The lowest BCUT2D eigenvalue weighted by molar-refractivity contribution is -0.146. The smallest absolute Gasteiger partial charge is 0.416 e. The molecule has 2 saturated heterocycles. The number of nitrogens with one attached hydrogen (secondary N) is 1. The summed E-state index contributed by atoms with van der Waals surface area (Å²) in [5.41, 5.74) is -3.44. The minimum Gasteiger partial charge on any atom is -0.481 e. The summed E-state index contributed by atoms with van der Waals surface area (Å²) in [7, 11) is 1.25. The van der Waals surface area contributed by atoms with Crippen LogP contribution in [0.2, 0.25) is 0 Å². The van der Waals surface area contributed by atoms with Gasteiger partial charge in [-0.3, -0.25) is 9.59 Å². The van der Waals surface area contributed by atoms with Crippen molar-refractivity contribution in [2.45, 2.75) is 63.1 Å². The van der Waals surface area contributed by atoms with Crippen LogP contribution in [0.5, 0.6) is 0 Å². The predicted octanol–water partition coefficient (Wildman–Crippen LogP) is 6.08. The largest absolute Gasteiger partial charge is 0.481 e. The van der Waals surface area contributed by atoms with Gasteiger partial charge in [-0.05, 0) is 80.1 Å². The van der Waals surface area contributed by atoms with Crippen molar-refractivity contribution < 1.29 is 50.2 Å². The molecular formula is C28H28F7N3O4. The molecule has 14 heteroatoms. The first kappa shape index (κ1) is 31.1. The molecule has 0 aliphatic carbocycles. The monoisotopic (exact) mass is 603 g/mol. The number of carbonyl (C=O) groups excluding carboxylic acids is 2. The van der Waals surface area contributed by atoms with E-state index in [4.69, 9.17) is 0 Å². The molecule has 4 atom stereocenters. The molecule has 3 amide bonds. The summed E-state index contributed by atoms with van der Waals surface area (Å²) in [6.45, 7) is 2.87. The predicted molar refractivity (Wildman–Crippen MR) is 134 cm³/mol. The van der Waals surface area contributed by atoms with Crippen LogP contribution >= 0.6 is 0 Å². The van der Waals surface area contributed by atoms with Gasteiger partial charge in [-0.2, -0.15) is 26.3 Å². The zero-order chi connectivity index (χ0) is 31.4. The third kappa shape index (κ3) is 6.02. The normalized spacial score (nSPS) is 23.6. The Bertz CT molecular complexity index is 1380. The minimum atomic E-state index is -5.07. The number of hydrogen-bond donors (Lipinski definition) is 2. The molecule has 2 aliphatic rings. The van der Waals surface area contributed by atoms with E-state index in [1.54, 1.807) is 6.92 Å². The van der Waals surface area contributed by atoms with Gasteiger partial charge in [-0.1, -0.05) is 6.07 Å². The second-order valence-corrected chi connectivity index (χ2v) is 10.9. The van der Waals surface area contributed by atoms with Crippen LogP contribution in [0.25, 0.3) is 0 Å². The Morgan fingerprint density at radius 3 is 2.14 bits per heavy atom. The molecule has 2 aromatic rings. The summed E-state index contributed by atoms with van der Waals surface area (Å²) in [6, 6.07) is 2.23. The zero-order valence-corrected chi connectivity index (χ0v) is 22.7. The van der Waals surface area contributed by atoms with Gasteiger partial charge in [0.15, 0.2) is 0 Å². The molecule has 2 aliphatic heterocycles. The standard InChI is InChI=1S/C28H28F7N3O4/c1-14-8-19(29)4-5-20(14)22-13-26(12-21(24(40)41)23(39)36-26)6-7-38(22)25(42)37(3)15(2)16-9-17(27(30,31)32)11-18(10-16)28(33,34)35/h4-5,8-11,15,21-22H,6-7,12-13H2,1-3H3,(H,36,39)(H,40,41)/t15-,21?,22-,26-/m1/s1. The van der Waals surface area contributed by atoms with E-state index >= 15 is 0 Å². The Morgan fingerprint density at radius 2 is 1.64 bits per heavy atom. The summed E-state index contributed by atoms with van der Waals surface area (Å²) < 4.78 is 94.7. The van der Waals surface area contributed by atoms with Crippen LogP contribution in [0.15, 0.2) is 36.4 Å². The van der Waals surface area contributed by atoms with Crippen molar-refractivity contribution >= 4 is 17.9 Å². The summed E-state index contributed by atoms with van der Waals surface area (Å²) >= 11 is 0. The molecule has 1 unspecified atom stereocenters. The SMILES string of the molecule is Cc1cc(F)ccc1[C@H]1C[C@@]2(CCN1C(=O)N(C)[C@H](C)c1cc(C(F)(F)F)cc(C(F)(F)F)c1)CC(C(=O)O)C(=O)N2. The maximum absolute atomic E-state index is 13.9. The van der Waals surface area contributed by atoms with Crippen molar-refractivity contribution in [1.82, 2.24) is 15.1 Å². The second-order valence-electron chi connectivity index (χ2n) is 10.9. The quantitative estimate of drug-likeness (QED) is 0.328. The van der Waals surface area contributed by atoms with E-state index in [-0.39, 0.29) is 37.4 Å². The maximum Gasteiger partial charge on any atom is 0.416 e. The van der Waals surface area contributed by atoms with Crippen molar-refractivity contribution in [3.8, 4) is 0 Å². The summed E-state index contributed by atoms with van der Waals surface area (Å²) in [5.74, 6) is -3.82. The third-order valence-electron chi connectivity index (χ3n) is 8.20. The fraction of sp³-hybridized carbons (Fsp3) is 0.464. The highest BCUT2D eigenvalue weighted by atomic mass is 19.4. The first-order valence-corrected chi connectivity index (χ1v) is 13.0. The number of rotatable bonds is 4. The molecule has 0 bridgehead atoms. The number of alkyl halides is 6. The third-order valence-corrected chi connectivity index (χ3v) is 8.20. The van der Waals surface area contributed by atoms with Gasteiger partial charge in [-0.25, -0.2) is 9.18 Å². The number of amides is 3. The molecule has 2 heterocycles. The van der Waals surface area contributed by atoms with Crippen LogP contribution in [0.3, 0.4) is 0 Å². The van der Waals surface area contributed by atoms with Gasteiger partial charge in [-0.15, -0.1) is 0 Å². The molecular weight excluding hydrogens is 575 g/mol. The minimum absolute atomic E-state index is 0.00967. The van der Waals surface area contributed by atoms with Crippen LogP contribution in [-0.2, 0) is 21.9 Å². The number of aryl methyl sites for hydroxylation is 1. The first-order chi connectivity index (χ1) is 19.3. The molecule has 2 N–H and O–H groups in total. The topological polar surface area (TPSA) is 90.0 Å². The number of carboxylic acids is 1. The molecule has 0 aromatic heterocycles. The lowest BCUT2D eigenvalue weighted by atomic mass is 9.77. The number of aliphatic carboxylic acids is 1.